The highest BCUT2D eigenvalue weighted by molar-refractivity contribution is 5.76. The number of rotatable bonds is 3. The van der Waals surface area contributed by atoms with Crippen molar-refractivity contribution < 1.29 is 13.9 Å². The third-order valence-corrected chi connectivity index (χ3v) is 4.60. The highest BCUT2D eigenvalue weighted by Crippen LogP contribution is 2.37. The van der Waals surface area contributed by atoms with E-state index in [0.717, 1.165) is 19.4 Å². The van der Waals surface area contributed by atoms with Gasteiger partial charge in [0.05, 0.1) is 18.2 Å². The zero-order chi connectivity index (χ0) is 16.3. The first kappa shape index (κ1) is 16.3. The van der Waals surface area contributed by atoms with Crippen LogP contribution in [0.15, 0.2) is 18.2 Å². The van der Waals surface area contributed by atoms with E-state index >= 15 is 0 Å². The lowest BCUT2D eigenvalue weighted by Gasteiger charge is -2.41. The molecule has 0 saturated carbocycles. The van der Waals surface area contributed by atoms with Crippen LogP contribution in [-0.2, 0) is 9.53 Å². The molecule has 118 valence electrons. The van der Waals surface area contributed by atoms with E-state index in [1.807, 2.05) is 24.8 Å². The van der Waals surface area contributed by atoms with Crippen LogP contribution in [0, 0.1) is 28.5 Å². The minimum absolute atomic E-state index is 0.0685. The topological polar surface area (TPSA) is 53.3 Å². The molecule has 1 aliphatic heterocycles. The fourth-order valence-electron chi connectivity index (χ4n) is 3.10. The molecule has 1 fully saturated rings. The fourth-order valence-corrected chi connectivity index (χ4v) is 3.10. The summed E-state index contributed by atoms with van der Waals surface area (Å²) in [6, 6.07) is 6.60. The van der Waals surface area contributed by atoms with Gasteiger partial charge in [0, 0.05) is 13.1 Å². The van der Waals surface area contributed by atoms with Crippen molar-refractivity contribution in [2.45, 2.75) is 26.7 Å². The van der Waals surface area contributed by atoms with Gasteiger partial charge in [0.1, 0.15) is 17.4 Å². The van der Waals surface area contributed by atoms with Gasteiger partial charge < -0.3 is 9.64 Å². The summed E-state index contributed by atoms with van der Waals surface area (Å²) in [5.74, 6) is -0.642. The standard InChI is InChI=1S/C17H21FN2O2/c1-17(2,16(21)22-3)12-6-5-9-20(11-12)15-8-4-7-14(18)13(15)10-19/h4,7-8,12H,5-6,9,11H2,1-3H3. The Morgan fingerprint density at radius 2 is 2.23 bits per heavy atom. The average molecular weight is 304 g/mol. The molecular formula is C17H21FN2O2. The van der Waals surface area contributed by atoms with Crippen molar-refractivity contribution in [1.29, 1.82) is 5.26 Å². The summed E-state index contributed by atoms with van der Waals surface area (Å²) in [5.41, 5.74) is 0.0694. The van der Waals surface area contributed by atoms with Crippen LogP contribution in [0.25, 0.3) is 0 Å². The Bertz CT molecular complexity index is 607. The van der Waals surface area contributed by atoms with Crippen molar-refractivity contribution in [1.82, 2.24) is 0 Å². The Labute approximate surface area is 130 Å². The number of anilines is 1. The molecule has 1 heterocycles. The number of nitrogens with zero attached hydrogens (tertiary/aromatic N) is 2. The summed E-state index contributed by atoms with van der Waals surface area (Å²) in [7, 11) is 1.39. The Kier molecular flexibility index (Phi) is 4.70. The van der Waals surface area contributed by atoms with Gasteiger partial charge in [-0.05, 0) is 44.7 Å². The number of methoxy groups -OCH3 is 1. The summed E-state index contributed by atoms with van der Waals surface area (Å²) in [4.78, 5) is 14.0. The molecule has 0 spiro atoms. The van der Waals surface area contributed by atoms with Crippen molar-refractivity contribution in [3.05, 3.63) is 29.6 Å². The molecule has 0 radical (unpaired) electrons. The highest BCUT2D eigenvalue weighted by atomic mass is 19.1. The molecule has 0 aromatic heterocycles. The predicted molar refractivity (Wildman–Crippen MR) is 81.8 cm³/mol. The molecule has 0 bridgehead atoms. The summed E-state index contributed by atoms with van der Waals surface area (Å²) < 4.78 is 18.7. The van der Waals surface area contributed by atoms with Crippen molar-refractivity contribution >= 4 is 11.7 Å². The van der Waals surface area contributed by atoms with Gasteiger partial charge in [-0.25, -0.2) is 4.39 Å². The molecule has 0 N–H and O–H groups in total. The van der Waals surface area contributed by atoms with Gasteiger partial charge in [-0.2, -0.15) is 5.26 Å². The van der Waals surface area contributed by atoms with Crippen LogP contribution in [-0.4, -0.2) is 26.2 Å². The lowest BCUT2D eigenvalue weighted by molar-refractivity contribution is -0.154. The number of piperidine rings is 1. The molecule has 1 saturated heterocycles. The summed E-state index contributed by atoms with van der Waals surface area (Å²) in [6.07, 6.45) is 1.81. The van der Waals surface area contributed by atoms with Gasteiger partial charge in [-0.15, -0.1) is 0 Å². The van der Waals surface area contributed by atoms with E-state index in [9.17, 15) is 14.4 Å². The molecule has 1 atom stereocenters. The van der Waals surface area contributed by atoms with Gasteiger partial charge >= 0.3 is 5.97 Å². The number of hydrogen-bond donors (Lipinski definition) is 0. The smallest absolute Gasteiger partial charge is 0.311 e. The molecule has 2 rings (SSSR count). The van der Waals surface area contributed by atoms with Crippen LogP contribution in [0.1, 0.15) is 32.3 Å². The lowest BCUT2D eigenvalue weighted by atomic mass is 9.74. The first-order valence-electron chi connectivity index (χ1n) is 7.43. The minimum atomic E-state index is -0.604. The normalized spacial score (nSPS) is 18.7. The third kappa shape index (κ3) is 2.92. The van der Waals surface area contributed by atoms with Crippen molar-refractivity contribution in [2.75, 3.05) is 25.1 Å². The van der Waals surface area contributed by atoms with Gasteiger partial charge in [0.2, 0.25) is 0 Å². The minimum Gasteiger partial charge on any atom is -0.469 e. The van der Waals surface area contributed by atoms with E-state index in [0.29, 0.717) is 12.2 Å². The second-order valence-electron chi connectivity index (χ2n) is 6.24. The largest absolute Gasteiger partial charge is 0.469 e. The van der Waals surface area contributed by atoms with E-state index in [2.05, 4.69) is 0 Å². The van der Waals surface area contributed by atoms with Crippen molar-refractivity contribution in [3.63, 3.8) is 0 Å². The van der Waals surface area contributed by atoms with E-state index in [-0.39, 0.29) is 17.5 Å². The van der Waals surface area contributed by atoms with E-state index in [1.165, 1.54) is 13.2 Å². The summed E-state index contributed by atoms with van der Waals surface area (Å²) in [6.45, 7) is 5.12. The predicted octanol–water partition coefficient (Wildman–Crippen LogP) is 3.11. The first-order chi connectivity index (χ1) is 10.4. The van der Waals surface area contributed by atoms with Crippen molar-refractivity contribution in [2.24, 2.45) is 11.3 Å². The number of nitriles is 1. The summed E-state index contributed by atoms with van der Waals surface area (Å²) >= 11 is 0. The molecular weight excluding hydrogens is 283 g/mol. The maximum absolute atomic E-state index is 13.8. The van der Waals surface area contributed by atoms with Crippen LogP contribution in [0.4, 0.5) is 10.1 Å². The summed E-state index contributed by atoms with van der Waals surface area (Å²) in [5, 5.41) is 9.19. The number of esters is 1. The Balaban J connectivity index is 2.27. The second-order valence-corrected chi connectivity index (χ2v) is 6.24. The second kappa shape index (κ2) is 6.35. The number of hydrogen-bond acceptors (Lipinski definition) is 4. The number of halogens is 1. The number of benzene rings is 1. The van der Waals surface area contributed by atoms with Crippen LogP contribution >= 0.6 is 0 Å². The zero-order valence-corrected chi connectivity index (χ0v) is 13.2. The molecule has 4 nitrogen and oxygen atoms in total. The lowest BCUT2D eigenvalue weighted by Crippen LogP contribution is -2.45. The molecule has 1 aromatic rings. The molecule has 22 heavy (non-hydrogen) atoms. The van der Waals surface area contributed by atoms with Crippen molar-refractivity contribution in [3.8, 4) is 6.07 Å². The average Bonchev–Trinajstić information content (AvgIpc) is 2.53. The SMILES string of the molecule is COC(=O)C(C)(C)C1CCCN(c2cccc(F)c2C#N)C1. The molecule has 0 amide bonds. The number of carbonyl (C=O) groups excluding carboxylic acids is 1. The monoisotopic (exact) mass is 304 g/mol. The van der Waals surface area contributed by atoms with Gasteiger partial charge in [-0.3, -0.25) is 4.79 Å². The maximum Gasteiger partial charge on any atom is 0.311 e. The Hall–Kier alpha value is -2.09. The molecule has 0 aliphatic carbocycles. The van der Waals surface area contributed by atoms with E-state index < -0.39 is 11.2 Å². The van der Waals surface area contributed by atoms with Crippen LogP contribution < -0.4 is 4.90 Å². The van der Waals surface area contributed by atoms with E-state index in [1.54, 1.807) is 12.1 Å². The zero-order valence-electron chi connectivity index (χ0n) is 13.2. The number of ether oxygens (including phenoxy) is 1. The Morgan fingerprint density at radius 3 is 2.86 bits per heavy atom. The number of carbonyl (C=O) groups is 1. The van der Waals surface area contributed by atoms with Gasteiger partial charge in [0.25, 0.3) is 0 Å². The molecule has 1 unspecified atom stereocenters. The Morgan fingerprint density at radius 1 is 1.50 bits per heavy atom. The molecule has 1 aromatic carbocycles. The van der Waals surface area contributed by atoms with Crippen LogP contribution in [0.5, 0.6) is 0 Å². The van der Waals surface area contributed by atoms with Gasteiger partial charge in [0.15, 0.2) is 0 Å². The third-order valence-electron chi connectivity index (χ3n) is 4.60. The van der Waals surface area contributed by atoms with Crippen LogP contribution in [0.3, 0.4) is 0 Å². The van der Waals surface area contributed by atoms with Crippen LogP contribution in [0.2, 0.25) is 0 Å². The van der Waals surface area contributed by atoms with Gasteiger partial charge in [-0.1, -0.05) is 6.07 Å². The fraction of sp³-hybridized carbons (Fsp3) is 0.529. The first-order valence-corrected chi connectivity index (χ1v) is 7.43. The quantitative estimate of drug-likeness (QED) is 0.805. The molecule has 1 aliphatic rings. The van der Waals surface area contributed by atoms with E-state index in [4.69, 9.17) is 4.74 Å². The maximum atomic E-state index is 13.8. The highest BCUT2D eigenvalue weighted by Gasteiger charge is 2.40. The molecule has 5 heteroatoms.